The normalized spacial score (nSPS) is 22.5. The van der Waals surface area contributed by atoms with Crippen LogP contribution in [0.3, 0.4) is 0 Å². The lowest BCUT2D eigenvalue weighted by molar-refractivity contribution is 0.122. The van der Waals surface area contributed by atoms with Crippen LogP contribution >= 0.6 is 11.6 Å². The summed E-state index contributed by atoms with van der Waals surface area (Å²) in [5.41, 5.74) is 0.514. The molecule has 2 aliphatic heterocycles. The van der Waals surface area contributed by atoms with E-state index in [0.717, 1.165) is 0 Å². The maximum absolute atomic E-state index is 12.7. The SMILES string of the molecule is CN1CCC(c2cc(N3CCOCC3)nc(Cl)n2)(S(C)(=O)=O)CC1. The van der Waals surface area contributed by atoms with Crippen LogP contribution < -0.4 is 4.90 Å². The van der Waals surface area contributed by atoms with Gasteiger partial charge in [0.25, 0.3) is 0 Å². The van der Waals surface area contributed by atoms with Gasteiger partial charge in [-0.3, -0.25) is 0 Å². The summed E-state index contributed by atoms with van der Waals surface area (Å²) in [4.78, 5) is 12.8. The average molecular weight is 375 g/mol. The first-order valence-corrected chi connectivity index (χ1v) is 10.3. The lowest BCUT2D eigenvalue weighted by Crippen LogP contribution is -2.46. The van der Waals surface area contributed by atoms with Crippen molar-refractivity contribution in [2.45, 2.75) is 17.6 Å². The van der Waals surface area contributed by atoms with Crippen molar-refractivity contribution >= 4 is 27.3 Å². The fourth-order valence-electron chi connectivity index (χ4n) is 3.39. The second-order valence-electron chi connectivity index (χ2n) is 6.55. The molecule has 2 saturated heterocycles. The summed E-state index contributed by atoms with van der Waals surface area (Å²) in [5.74, 6) is 0.676. The van der Waals surface area contributed by atoms with E-state index in [4.69, 9.17) is 16.3 Å². The van der Waals surface area contributed by atoms with Crippen molar-refractivity contribution in [1.29, 1.82) is 0 Å². The number of piperidine rings is 1. The minimum absolute atomic E-state index is 0.0935. The molecule has 1 aromatic heterocycles. The molecule has 0 saturated carbocycles. The van der Waals surface area contributed by atoms with Crippen LogP contribution in [0.15, 0.2) is 6.07 Å². The molecule has 24 heavy (non-hydrogen) atoms. The van der Waals surface area contributed by atoms with Crippen LogP contribution in [-0.2, 0) is 19.3 Å². The van der Waals surface area contributed by atoms with Crippen molar-refractivity contribution in [2.75, 3.05) is 57.6 Å². The Morgan fingerprint density at radius 3 is 2.38 bits per heavy atom. The molecule has 9 heteroatoms. The zero-order valence-electron chi connectivity index (χ0n) is 14.0. The van der Waals surface area contributed by atoms with Crippen LogP contribution in [0, 0.1) is 0 Å². The molecule has 0 spiro atoms. The topological polar surface area (TPSA) is 75.6 Å². The van der Waals surface area contributed by atoms with Crippen LogP contribution in [0.4, 0.5) is 5.82 Å². The molecule has 0 aliphatic carbocycles. The number of aromatic nitrogens is 2. The Morgan fingerprint density at radius 1 is 1.17 bits per heavy atom. The average Bonchev–Trinajstić information content (AvgIpc) is 2.55. The standard InChI is InChI=1S/C15H23ClN4O3S/c1-19-5-3-15(4-6-19,24(2,21)22)12-11-13(18-14(16)17-12)20-7-9-23-10-8-20/h11H,3-10H2,1-2H3. The first kappa shape index (κ1) is 17.8. The van der Waals surface area contributed by atoms with E-state index >= 15 is 0 Å². The van der Waals surface area contributed by atoms with Crippen LogP contribution in [0.25, 0.3) is 0 Å². The number of morpholine rings is 1. The minimum atomic E-state index is -3.35. The second-order valence-corrected chi connectivity index (χ2v) is 9.21. The third-order valence-electron chi connectivity index (χ3n) is 4.99. The zero-order chi connectivity index (χ0) is 17.4. The van der Waals surface area contributed by atoms with E-state index in [1.807, 2.05) is 7.05 Å². The molecule has 0 amide bonds. The quantitative estimate of drug-likeness (QED) is 0.728. The summed E-state index contributed by atoms with van der Waals surface area (Å²) < 4.78 is 29.7. The molecule has 134 valence electrons. The van der Waals surface area contributed by atoms with Gasteiger partial charge < -0.3 is 14.5 Å². The molecule has 0 atom stereocenters. The molecule has 0 N–H and O–H groups in total. The number of halogens is 1. The van der Waals surface area contributed by atoms with Crippen LogP contribution in [0.1, 0.15) is 18.5 Å². The molecule has 0 radical (unpaired) electrons. The van der Waals surface area contributed by atoms with Gasteiger partial charge in [0.2, 0.25) is 5.28 Å². The Balaban J connectivity index is 2.03. The number of likely N-dealkylation sites (tertiary alicyclic amines) is 1. The molecule has 1 aromatic rings. The molecule has 7 nitrogen and oxygen atoms in total. The Labute approximate surface area is 147 Å². The number of rotatable bonds is 3. The fourth-order valence-corrected chi connectivity index (χ4v) is 4.98. The van der Waals surface area contributed by atoms with E-state index in [2.05, 4.69) is 19.8 Å². The monoisotopic (exact) mass is 374 g/mol. The Bertz CT molecular complexity index is 699. The molecular weight excluding hydrogens is 352 g/mol. The largest absolute Gasteiger partial charge is 0.378 e. The summed E-state index contributed by atoms with van der Waals surface area (Å²) in [7, 11) is -1.35. The van der Waals surface area contributed by atoms with Gasteiger partial charge in [0, 0.05) is 25.4 Å². The number of nitrogens with zero attached hydrogens (tertiary/aromatic N) is 4. The predicted octanol–water partition coefficient (Wildman–Crippen LogP) is 0.932. The smallest absolute Gasteiger partial charge is 0.224 e. The van der Waals surface area contributed by atoms with Gasteiger partial charge in [0.1, 0.15) is 10.6 Å². The highest BCUT2D eigenvalue weighted by atomic mass is 35.5. The maximum atomic E-state index is 12.7. The third kappa shape index (κ3) is 3.37. The predicted molar refractivity (Wildman–Crippen MR) is 93.3 cm³/mol. The molecule has 0 bridgehead atoms. The zero-order valence-corrected chi connectivity index (χ0v) is 15.6. The van der Waals surface area contributed by atoms with E-state index in [9.17, 15) is 8.42 Å². The molecule has 3 heterocycles. The van der Waals surface area contributed by atoms with E-state index in [1.54, 1.807) is 6.07 Å². The van der Waals surface area contributed by atoms with Crippen LogP contribution in [0.5, 0.6) is 0 Å². The van der Waals surface area contributed by atoms with Crippen molar-refractivity contribution < 1.29 is 13.2 Å². The van der Waals surface area contributed by atoms with Crippen molar-refractivity contribution in [2.24, 2.45) is 0 Å². The Morgan fingerprint density at radius 2 is 1.79 bits per heavy atom. The van der Waals surface area contributed by atoms with E-state index in [-0.39, 0.29) is 5.28 Å². The molecule has 3 rings (SSSR count). The van der Waals surface area contributed by atoms with Gasteiger partial charge in [-0.05, 0) is 44.6 Å². The number of hydrogen-bond acceptors (Lipinski definition) is 7. The number of sulfone groups is 1. The van der Waals surface area contributed by atoms with Gasteiger partial charge in [0.05, 0.1) is 18.9 Å². The number of hydrogen-bond donors (Lipinski definition) is 0. The van der Waals surface area contributed by atoms with Crippen LogP contribution in [-0.4, -0.2) is 76.0 Å². The molecule has 2 fully saturated rings. The van der Waals surface area contributed by atoms with E-state index in [0.29, 0.717) is 63.7 Å². The second kappa shape index (κ2) is 6.74. The van der Waals surface area contributed by atoms with Crippen molar-refractivity contribution in [1.82, 2.24) is 14.9 Å². The van der Waals surface area contributed by atoms with Crippen molar-refractivity contribution in [3.63, 3.8) is 0 Å². The van der Waals surface area contributed by atoms with Gasteiger partial charge >= 0.3 is 0 Å². The minimum Gasteiger partial charge on any atom is -0.378 e. The first-order chi connectivity index (χ1) is 11.3. The van der Waals surface area contributed by atoms with Crippen molar-refractivity contribution in [3.8, 4) is 0 Å². The van der Waals surface area contributed by atoms with Gasteiger partial charge in [-0.2, -0.15) is 0 Å². The molecule has 0 unspecified atom stereocenters. The van der Waals surface area contributed by atoms with Crippen molar-refractivity contribution in [3.05, 3.63) is 17.0 Å². The first-order valence-electron chi connectivity index (χ1n) is 8.08. The number of ether oxygens (including phenoxy) is 1. The van der Waals surface area contributed by atoms with E-state index < -0.39 is 14.6 Å². The number of anilines is 1. The van der Waals surface area contributed by atoms with E-state index in [1.165, 1.54) is 6.26 Å². The summed E-state index contributed by atoms with van der Waals surface area (Å²) in [6.45, 7) is 4.09. The summed E-state index contributed by atoms with van der Waals surface area (Å²) in [5, 5.41) is 0.0935. The highest BCUT2D eigenvalue weighted by molar-refractivity contribution is 7.91. The van der Waals surface area contributed by atoms with Gasteiger partial charge in [-0.15, -0.1) is 0 Å². The summed E-state index contributed by atoms with van der Waals surface area (Å²) >= 11 is 6.14. The lowest BCUT2D eigenvalue weighted by atomic mass is 9.92. The summed E-state index contributed by atoms with van der Waals surface area (Å²) in [6, 6.07) is 1.80. The highest BCUT2D eigenvalue weighted by Gasteiger charge is 2.46. The molecule has 2 aliphatic rings. The fraction of sp³-hybridized carbons (Fsp3) is 0.733. The highest BCUT2D eigenvalue weighted by Crippen LogP contribution is 2.40. The van der Waals surface area contributed by atoms with Crippen LogP contribution in [0.2, 0.25) is 5.28 Å². The lowest BCUT2D eigenvalue weighted by Gasteiger charge is -2.39. The third-order valence-corrected chi connectivity index (χ3v) is 7.20. The summed E-state index contributed by atoms with van der Waals surface area (Å²) in [6.07, 6.45) is 2.32. The maximum Gasteiger partial charge on any atom is 0.224 e. The van der Waals surface area contributed by atoms with Gasteiger partial charge in [-0.1, -0.05) is 0 Å². The molecule has 0 aromatic carbocycles. The van der Waals surface area contributed by atoms with Gasteiger partial charge in [0.15, 0.2) is 9.84 Å². The van der Waals surface area contributed by atoms with Gasteiger partial charge in [-0.25, -0.2) is 18.4 Å². The Hall–Kier alpha value is -0.960. The molecular formula is C15H23ClN4O3S. The Kier molecular flexibility index (Phi) is 5.01.